The van der Waals surface area contributed by atoms with Crippen molar-refractivity contribution in [3.63, 3.8) is 0 Å². The molecule has 0 aromatic heterocycles. The van der Waals surface area contributed by atoms with Gasteiger partial charge in [0.15, 0.2) is 0 Å². The number of hydrogen-bond acceptors (Lipinski definition) is 4. The highest BCUT2D eigenvalue weighted by atomic mass is 35.5. The van der Waals surface area contributed by atoms with Crippen molar-refractivity contribution in [2.75, 3.05) is 31.5 Å². The van der Waals surface area contributed by atoms with Crippen molar-refractivity contribution in [1.82, 2.24) is 10.2 Å². The Morgan fingerprint density at radius 1 is 1.39 bits per heavy atom. The number of benzene rings is 1. The Labute approximate surface area is 138 Å². The maximum absolute atomic E-state index is 12.0. The SMILES string of the molecule is C[C@@H]1CNCCN1CC(=O)Nc1ccc(OC(F)(F)F)cc1.Cl. The molecule has 1 fully saturated rings. The summed E-state index contributed by atoms with van der Waals surface area (Å²) in [6, 6.07) is 5.34. The molecule has 1 atom stereocenters. The highest BCUT2D eigenvalue weighted by molar-refractivity contribution is 5.92. The number of halogens is 4. The molecule has 2 N–H and O–H groups in total. The van der Waals surface area contributed by atoms with E-state index in [1.165, 1.54) is 12.1 Å². The van der Waals surface area contributed by atoms with Crippen LogP contribution in [0.1, 0.15) is 6.92 Å². The van der Waals surface area contributed by atoms with Gasteiger partial charge in [-0.15, -0.1) is 25.6 Å². The van der Waals surface area contributed by atoms with E-state index in [2.05, 4.69) is 15.4 Å². The minimum atomic E-state index is -4.72. The third-order valence-corrected chi connectivity index (χ3v) is 3.36. The zero-order valence-electron chi connectivity index (χ0n) is 12.5. The predicted octanol–water partition coefficient (Wildman–Crippen LogP) is 2.24. The summed E-state index contributed by atoms with van der Waals surface area (Å²) in [5.74, 6) is -0.514. The Balaban J connectivity index is 0.00000264. The van der Waals surface area contributed by atoms with Gasteiger partial charge in [-0.25, -0.2) is 0 Å². The van der Waals surface area contributed by atoms with Crippen LogP contribution in [0.25, 0.3) is 0 Å². The van der Waals surface area contributed by atoms with Crippen LogP contribution >= 0.6 is 12.4 Å². The van der Waals surface area contributed by atoms with Crippen LogP contribution < -0.4 is 15.4 Å². The molecule has 1 heterocycles. The van der Waals surface area contributed by atoms with Gasteiger partial charge in [0.2, 0.25) is 5.91 Å². The first kappa shape index (κ1) is 19.5. The van der Waals surface area contributed by atoms with Gasteiger partial charge in [-0.05, 0) is 31.2 Å². The number of nitrogens with zero attached hydrogens (tertiary/aromatic N) is 1. The molecule has 130 valence electrons. The van der Waals surface area contributed by atoms with Crippen molar-refractivity contribution in [2.45, 2.75) is 19.3 Å². The molecule has 1 aliphatic rings. The quantitative estimate of drug-likeness (QED) is 0.871. The highest BCUT2D eigenvalue weighted by Crippen LogP contribution is 2.23. The Morgan fingerprint density at radius 3 is 2.61 bits per heavy atom. The number of ether oxygens (including phenoxy) is 1. The van der Waals surface area contributed by atoms with Gasteiger partial charge in [-0.1, -0.05) is 0 Å². The van der Waals surface area contributed by atoms with Crippen LogP contribution in [0, 0.1) is 0 Å². The number of carbonyl (C=O) groups is 1. The molecular weight excluding hydrogens is 335 g/mol. The number of hydrogen-bond donors (Lipinski definition) is 2. The average Bonchev–Trinajstić information content (AvgIpc) is 2.42. The van der Waals surface area contributed by atoms with E-state index in [4.69, 9.17) is 0 Å². The summed E-state index contributed by atoms with van der Waals surface area (Å²) in [4.78, 5) is 14.0. The fraction of sp³-hybridized carbons (Fsp3) is 0.500. The van der Waals surface area contributed by atoms with Crippen molar-refractivity contribution < 1.29 is 22.7 Å². The number of carbonyl (C=O) groups excluding carboxylic acids is 1. The van der Waals surface area contributed by atoms with Gasteiger partial charge >= 0.3 is 6.36 Å². The first-order valence-electron chi connectivity index (χ1n) is 6.94. The highest BCUT2D eigenvalue weighted by Gasteiger charge is 2.31. The van der Waals surface area contributed by atoms with Crippen LogP contribution in [-0.4, -0.2) is 49.4 Å². The van der Waals surface area contributed by atoms with Crippen LogP contribution in [0.2, 0.25) is 0 Å². The van der Waals surface area contributed by atoms with Crippen LogP contribution in [0.5, 0.6) is 5.75 Å². The van der Waals surface area contributed by atoms with Crippen LogP contribution in [-0.2, 0) is 4.79 Å². The first-order valence-corrected chi connectivity index (χ1v) is 6.94. The van der Waals surface area contributed by atoms with E-state index < -0.39 is 6.36 Å². The molecule has 1 aromatic carbocycles. The lowest BCUT2D eigenvalue weighted by Crippen LogP contribution is -2.51. The molecule has 1 aliphatic heterocycles. The number of amides is 1. The minimum Gasteiger partial charge on any atom is -0.406 e. The van der Waals surface area contributed by atoms with E-state index in [9.17, 15) is 18.0 Å². The first-order chi connectivity index (χ1) is 10.3. The zero-order valence-corrected chi connectivity index (χ0v) is 13.3. The monoisotopic (exact) mass is 353 g/mol. The molecule has 1 aromatic rings. The Bertz CT molecular complexity index is 511. The van der Waals surface area contributed by atoms with Gasteiger partial charge in [0, 0.05) is 31.4 Å². The van der Waals surface area contributed by atoms with E-state index in [0.29, 0.717) is 5.69 Å². The van der Waals surface area contributed by atoms with Gasteiger partial charge in [0.1, 0.15) is 5.75 Å². The second-order valence-electron chi connectivity index (χ2n) is 5.14. The fourth-order valence-corrected chi connectivity index (χ4v) is 2.24. The van der Waals surface area contributed by atoms with Crippen LogP contribution in [0.4, 0.5) is 18.9 Å². The molecule has 2 rings (SSSR count). The number of anilines is 1. The van der Waals surface area contributed by atoms with Crippen LogP contribution in [0.3, 0.4) is 0 Å². The van der Waals surface area contributed by atoms with Crippen molar-refractivity contribution in [3.8, 4) is 5.75 Å². The number of piperazine rings is 1. The molecule has 0 radical (unpaired) electrons. The maximum atomic E-state index is 12.0. The topological polar surface area (TPSA) is 53.6 Å². The Morgan fingerprint density at radius 2 is 2.04 bits per heavy atom. The predicted molar refractivity (Wildman–Crippen MR) is 82.9 cm³/mol. The molecule has 5 nitrogen and oxygen atoms in total. The van der Waals surface area contributed by atoms with Crippen molar-refractivity contribution in [1.29, 1.82) is 0 Å². The molecule has 0 spiro atoms. The maximum Gasteiger partial charge on any atom is 0.573 e. The molecular formula is C14H19ClF3N3O2. The Hall–Kier alpha value is -1.51. The van der Waals surface area contributed by atoms with E-state index >= 15 is 0 Å². The molecule has 1 amide bonds. The number of alkyl halides is 3. The third-order valence-electron chi connectivity index (χ3n) is 3.36. The summed E-state index contributed by atoms with van der Waals surface area (Å²) in [5, 5.41) is 5.90. The molecule has 0 bridgehead atoms. The van der Waals surface area contributed by atoms with Gasteiger partial charge in [-0.3, -0.25) is 9.69 Å². The summed E-state index contributed by atoms with van der Waals surface area (Å²) in [7, 11) is 0. The molecule has 0 aliphatic carbocycles. The fourth-order valence-electron chi connectivity index (χ4n) is 2.24. The minimum absolute atomic E-state index is 0. The molecule has 1 saturated heterocycles. The zero-order chi connectivity index (χ0) is 16.2. The van der Waals surface area contributed by atoms with E-state index in [1.807, 2.05) is 11.8 Å². The van der Waals surface area contributed by atoms with Gasteiger partial charge in [0.25, 0.3) is 0 Å². The lowest BCUT2D eigenvalue weighted by Gasteiger charge is -2.33. The van der Waals surface area contributed by atoms with Gasteiger partial charge in [-0.2, -0.15) is 0 Å². The van der Waals surface area contributed by atoms with E-state index in [-0.39, 0.29) is 36.7 Å². The summed E-state index contributed by atoms with van der Waals surface area (Å²) in [6.45, 7) is 4.73. The Kier molecular flexibility index (Phi) is 7.11. The van der Waals surface area contributed by atoms with E-state index in [0.717, 1.165) is 31.8 Å². The van der Waals surface area contributed by atoms with Gasteiger partial charge < -0.3 is 15.4 Å². The molecule has 23 heavy (non-hydrogen) atoms. The lowest BCUT2D eigenvalue weighted by molar-refractivity contribution is -0.274. The lowest BCUT2D eigenvalue weighted by atomic mass is 10.2. The largest absolute Gasteiger partial charge is 0.573 e. The standard InChI is InChI=1S/C14H18F3N3O2.ClH/c1-10-8-18-6-7-20(10)9-13(21)19-11-2-4-12(5-3-11)22-14(15,16)17;/h2-5,10,18H,6-9H2,1H3,(H,19,21);1H/t10-;/m1./s1. The molecule has 9 heteroatoms. The summed E-state index contributed by atoms with van der Waals surface area (Å²) in [5.41, 5.74) is 0.433. The summed E-state index contributed by atoms with van der Waals surface area (Å²) < 4.78 is 39.9. The van der Waals surface area contributed by atoms with E-state index in [1.54, 1.807) is 0 Å². The molecule has 0 unspecified atom stereocenters. The van der Waals surface area contributed by atoms with Crippen LogP contribution in [0.15, 0.2) is 24.3 Å². The number of rotatable bonds is 4. The summed E-state index contributed by atoms with van der Waals surface area (Å²) in [6.07, 6.45) is -4.72. The second kappa shape index (κ2) is 8.37. The average molecular weight is 354 g/mol. The number of nitrogens with one attached hydrogen (secondary N) is 2. The van der Waals surface area contributed by atoms with Crippen molar-refractivity contribution in [3.05, 3.63) is 24.3 Å². The summed E-state index contributed by atoms with van der Waals surface area (Å²) >= 11 is 0. The normalized spacial score (nSPS) is 18.9. The third kappa shape index (κ3) is 6.64. The van der Waals surface area contributed by atoms with Crippen molar-refractivity contribution in [2.24, 2.45) is 0 Å². The van der Waals surface area contributed by atoms with Gasteiger partial charge in [0.05, 0.1) is 6.54 Å². The second-order valence-corrected chi connectivity index (χ2v) is 5.14. The molecule has 0 saturated carbocycles. The smallest absolute Gasteiger partial charge is 0.406 e. The van der Waals surface area contributed by atoms with Crippen molar-refractivity contribution >= 4 is 24.0 Å².